The summed E-state index contributed by atoms with van der Waals surface area (Å²) < 4.78 is 12.1. The van der Waals surface area contributed by atoms with Gasteiger partial charge in [0.2, 0.25) is 0 Å². The fourth-order valence-corrected chi connectivity index (χ4v) is 2.62. The maximum absolute atomic E-state index is 5.91. The molecule has 1 aliphatic rings. The van der Waals surface area contributed by atoms with Gasteiger partial charge in [0.1, 0.15) is 17.6 Å². The SMILES string of the molecule is CCC1Oc2c(Br)cc(OC)cc2C1NOC. The summed E-state index contributed by atoms with van der Waals surface area (Å²) in [6, 6.07) is 3.92. The van der Waals surface area contributed by atoms with Crippen molar-refractivity contribution >= 4 is 15.9 Å². The Morgan fingerprint density at radius 3 is 2.76 bits per heavy atom. The number of nitrogens with one attached hydrogen (secondary N) is 1. The second kappa shape index (κ2) is 5.25. The fourth-order valence-electron chi connectivity index (χ4n) is 2.07. The van der Waals surface area contributed by atoms with E-state index < -0.39 is 0 Å². The van der Waals surface area contributed by atoms with E-state index in [9.17, 15) is 0 Å². The smallest absolute Gasteiger partial charge is 0.139 e. The van der Waals surface area contributed by atoms with Crippen molar-refractivity contribution in [1.82, 2.24) is 5.48 Å². The molecule has 0 saturated heterocycles. The third-order valence-corrected chi connectivity index (χ3v) is 3.49. The number of ether oxygens (including phenoxy) is 2. The number of hydrogen-bond donors (Lipinski definition) is 1. The molecule has 0 bridgehead atoms. The van der Waals surface area contributed by atoms with Crippen molar-refractivity contribution in [3.8, 4) is 11.5 Å². The summed E-state index contributed by atoms with van der Waals surface area (Å²) in [5, 5.41) is 0. The number of fused-ring (bicyclic) bond motifs is 1. The summed E-state index contributed by atoms with van der Waals surface area (Å²) in [5.74, 6) is 1.67. The molecule has 1 aliphatic heterocycles. The number of hydroxylamine groups is 1. The van der Waals surface area contributed by atoms with E-state index in [4.69, 9.17) is 14.3 Å². The molecule has 1 aromatic carbocycles. The number of benzene rings is 1. The van der Waals surface area contributed by atoms with Gasteiger partial charge in [-0.1, -0.05) is 6.92 Å². The Kier molecular flexibility index (Phi) is 3.91. The van der Waals surface area contributed by atoms with E-state index in [-0.39, 0.29) is 12.1 Å². The standard InChI is InChI=1S/C12H16BrNO3/c1-4-10-11(14-16-3)8-5-7(15-2)6-9(13)12(8)17-10/h5-6,10-11,14H,4H2,1-3H3. The zero-order valence-corrected chi connectivity index (χ0v) is 11.7. The highest BCUT2D eigenvalue weighted by Gasteiger charge is 2.35. The zero-order valence-electron chi connectivity index (χ0n) is 10.1. The minimum absolute atomic E-state index is 0.0337. The van der Waals surface area contributed by atoms with Crippen molar-refractivity contribution in [1.29, 1.82) is 0 Å². The molecule has 1 heterocycles. The molecule has 1 aromatic rings. The molecule has 1 N–H and O–H groups in total. The van der Waals surface area contributed by atoms with Crippen molar-refractivity contribution in [2.24, 2.45) is 0 Å². The van der Waals surface area contributed by atoms with E-state index in [0.717, 1.165) is 28.0 Å². The van der Waals surface area contributed by atoms with E-state index >= 15 is 0 Å². The average Bonchev–Trinajstić information content (AvgIpc) is 2.68. The molecular formula is C12H16BrNO3. The third kappa shape index (κ3) is 2.27. The number of hydrogen-bond acceptors (Lipinski definition) is 4. The maximum Gasteiger partial charge on any atom is 0.139 e. The van der Waals surface area contributed by atoms with E-state index in [1.54, 1.807) is 14.2 Å². The Labute approximate surface area is 109 Å². The molecule has 94 valence electrons. The van der Waals surface area contributed by atoms with E-state index in [2.05, 4.69) is 28.3 Å². The van der Waals surface area contributed by atoms with Gasteiger partial charge in [0.15, 0.2) is 0 Å². The molecule has 5 heteroatoms. The molecule has 0 fully saturated rings. The van der Waals surface area contributed by atoms with Crippen LogP contribution >= 0.6 is 15.9 Å². The Morgan fingerprint density at radius 2 is 2.18 bits per heavy atom. The first-order chi connectivity index (χ1) is 8.21. The van der Waals surface area contributed by atoms with Crippen LogP contribution in [0.3, 0.4) is 0 Å². The summed E-state index contributed by atoms with van der Waals surface area (Å²) in [6.45, 7) is 2.09. The molecule has 0 spiro atoms. The van der Waals surface area contributed by atoms with Crippen molar-refractivity contribution < 1.29 is 14.3 Å². The lowest BCUT2D eigenvalue weighted by atomic mass is 10.0. The van der Waals surface area contributed by atoms with Gasteiger partial charge in [-0.25, -0.2) is 0 Å². The van der Waals surface area contributed by atoms with Crippen molar-refractivity contribution in [3.05, 3.63) is 22.2 Å². The average molecular weight is 302 g/mol. The second-order valence-corrected chi connectivity index (χ2v) is 4.75. The summed E-state index contributed by atoms with van der Waals surface area (Å²) >= 11 is 3.50. The van der Waals surface area contributed by atoms with E-state index in [1.165, 1.54) is 0 Å². The lowest BCUT2D eigenvalue weighted by Gasteiger charge is -2.17. The van der Waals surface area contributed by atoms with Crippen LogP contribution in [0.2, 0.25) is 0 Å². The largest absolute Gasteiger partial charge is 0.497 e. The first-order valence-electron chi connectivity index (χ1n) is 5.53. The highest BCUT2D eigenvalue weighted by molar-refractivity contribution is 9.10. The van der Waals surface area contributed by atoms with Gasteiger partial charge in [0.05, 0.1) is 24.7 Å². The van der Waals surface area contributed by atoms with Gasteiger partial charge < -0.3 is 14.3 Å². The molecule has 17 heavy (non-hydrogen) atoms. The van der Waals surface area contributed by atoms with Crippen LogP contribution < -0.4 is 15.0 Å². The minimum atomic E-state index is 0.0337. The molecule has 2 unspecified atom stereocenters. The van der Waals surface area contributed by atoms with Crippen LogP contribution in [0.5, 0.6) is 11.5 Å². The first-order valence-corrected chi connectivity index (χ1v) is 6.33. The van der Waals surface area contributed by atoms with Gasteiger partial charge in [-0.15, -0.1) is 0 Å². The normalized spacial score (nSPS) is 22.1. The predicted octanol–water partition coefficient (Wildman–Crippen LogP) is 2.82. The number of rotatable bonds is 4. The Balaban J connectivity index is 2.41. The van der Waals surface area contributed by atoms with Crippen LogP contribution in [0.1, 0.15) is 24.9 Å². The molecule has 4 nitrogen and oxygen atoms in total. The van der Waals surface area contributed by atoms with E-state index in [1.807, 2.05) is 12.1 Å². The minimum Gasteiger partial charge on any atom is -0.497 e. The molecule has 0 aromatic heterocycles. The van der Waals surface area contributed by atoms with Crippen molar-refractivity contribution in [3.63, 3.8) is 0 Å². The highest BCUT2D eigenvalue weighted by Crippen LogP contribution is 2.44. The molecule has 2 rings (SSSR count). The van der Waals surface area contributed by atoms with Crippen LogP contribution in [0.25, 0.3) is 0 Å². The highest BCUT2D eigenvalue weighted by atomic mass is 79.9. The topological polar surface area (TPSA) is 39.7 Å². The Bertz CT molecular complexity index is 411. The van der Waals surface area contributed by atoms with Crippen LogP contribution in [0, 0.1) is 0 Å². The maximum atomic E-state index is 5.91. The quantitative estimate of drug-likeness (QED) is 0.868. The summed E-state index contributed by atoms with van der Waals surface area (Å²) in [4.78, 5) is 5.04. The van der Waals surface area contributed by atoms with Crippen molar-refractivity contribution in [2.75, 3.05) is 14.2 Å². The Hall–Kier alpha value is -0.780. The van der Waals surface area contributed by atoms with Gasteiger partial charge in [-0.05, 0) is 34.5 Å². The zero-order chi connectivity index (χ0) is 12.4. The molecular weight excluding hydrogens is 286 g/mol. The van der Waals surface area contributed by atoms with Crippen LogP contribution in [-0.4, -0.2) is 20.3 Å². The van der Waals surface area contributed by atoms with Crippen LogP contribution in [-0.2, 0) is 4.84 Å². The third-order valence-electron chi connectivity index (χ3n) is 2.90. The molecule has 0 amide bonds. The first kappa shape index (κ1) is 12.7. The monoisotopic (exact) mass is 301 g/mol. The lowest BCUT2D eigenvalue weighted by Crippen LogP contribution is -2.29. The van der Waals surface area contributed by atoms with Gasteiger partial charge in [-0.2, -0.15) is 5.48 Å². The lowest BCUT2D eigenvalue weighted by molar-refractivity contribution is 0.0282. The predicted molar refractivity (Wildman–Crippen MR) is 68.3 cm³/mol. The fraction of sp³-hybridized carbons (Fsp3) is 0.500. The summed E-state index contributed by atoms with van der Waals surface area (Å²) in [6.07, 6.45) is 0.984. The molecule has 2 atom stereocenters. The number of methoxy groups -OCH3 is 1. The molecule has 0 radical (unpaired) electrons. The van der Waals surface area contributed by atoms with Crippen LogP contribution in [0.15, 0.2) is 16.6 Å². The van der Waals surface area contributed by atoms with Gasteiger partial charge >= 0.3 is 0 Å². The van der Waals surface area contributed by atoms with Gasteiger partial charge in [-0.3, -0.25) is 0 Å². The number of halogens is 1. The second-order valence-electron chi connectivity index (χ2n) is 3.89. The molecule has 0 saturated carbocycles. The van der Waals surface area contributed by atoms with Gasteiger partial charge in [0, 0.05) is 5.56 Å². The van der Waals surface area contributed by atoms with Crippen LogP contribution in [0.4, 0.5) is 0 Å². The molecule has 0 aliphatic carbocycles. The van der Waals surface area contributed by atoms with E-state index in [0.29, 0.717) is 0 Å². The Morgan fingerprint density at radius 1 is 1.41 bits per heavy atom. The summed E-state index contributed by atoms with van der Waals surface area (Å²) in [5.41, 5.74) is 4.04. The van der Waals surface area contributed by atoms with Crippen molar-refractivity contribution in [2.45, 2.75) is 25.5 Å². The van der Waals surface area contributed by atoms with Gasteiger partial charge in [0.25, 0.3) is 0 Å². The summed E-state index contributed by atoms with van der Waals surface area (Å²) in [7, 11) is 3.26.